The van der Waals surface area contributed by atoms with Crippen molar-refractivity contribution in [3.63, 3.8) is 0 Å². The Morgan fingerprint density at radius 1 is 1.38 bits per heavy atom. The number of carbonyl (C=O) groups is 2. The molecule has 0 N–H and O–H groups in total. The molecule has 0 aliphatic carbocycles. The van der Waals surface area contributed by atoms with E-state index in [0.29, 0.717) is 13.0 Å². The highest BCUT2D eigenvalue weighted by Crippen LogP contribution is 2.01. The predicted molar refractivity (Wildman–Crippen MR) is 45.6 cm³/mol. The lowest BCUT2D eigenvalue weighted by molar-refractivity contribution is -0.158. The molecule has 2 amide bonds. The Balaban J connectivity index is 2.47. The van der Waals surface area contributed by atoms with Crippen molar-refractivity contribution in [2.24, 2.45) is 0 Å². The maximum Gasteiger partial charge on any atom is 0.255 e. The first-order valence-electron chi connectivity index (χ1n) is 4.06. The Kier molecular flexibility index (Phi) is 3.47. The molecule has 0 aromatic heterocycles. The second-order valence-electron chi connectivity index (χ2n) is 2.61. The Morgan fingerprint density at radius 2 is 2.00 bits per heavy atom. The summed E-state index contributed by atoms with van der Waals surface area (Å²) in [4.78, 5) is 23.5. The first-order valence-corrected chi connectivity index (χ1v) is 4.06. The maximum atomic E-state index is 11.1. The average molecular weight is 181 g/mol. The first-order chi connectivity index (χ1) is 6.25. The Hall–Kier alpha value is -1.34. The summed E-state index contributed by atoms with van der Waals surface area (Å²) >= 11 is 0. The molecule has 1 saturated heterocycles. The van der Waals surface area contributed by atoms with E-state index < -0.39 is 0 Å². The van der Waals surface area contributed by atoms with Gasteiger partial charge in [-0.15, -0.1) is 11.8 Å². The molecule has 0 aromatic rings. The summed E-state index contributed by atoms with van der Waals surface area (Å²) in [7, 11) is 0. The van der Waals surface area contributed by atoms with Gasteiger partial charge in [-0.2, -0.15) is 0 Å². The molecule has 0 radical (unpaired) electrons. The Morgan fingerprint density at radius 3 is 2.54 bits per heavy atom. The van der Waals surface area contributed by atoms with Gasteiger partial charge in [0, 0.05) is 13.0 Å². The molecule has 0 aromatic carbocycles. The van der Waals surface area contributed by atoms with Crippen LogP contribution < -0.4 is 0 Å². The summed E-state index contributed by atoms with van der Waals surface area (Å²) in [5.74, 6) is 4.97. The minimum atomic E-state index is -0.269. The van der Waals surface area contributed by atoms with Crippen LogP contribution >= 0.6 is 0 Å². The fourth-order valence-electron chi connectivity index (χ4n) is 1.06. The Bertz CT molecular complexity index is 258. The van der Waals surface area contributed by atoms with Crippen molar-refractivity contribution in [2.45, 2.75) is 13.3 Å². The highest BCUT2D eigenvalue weighted by Gasteiger charge is 2.25. The second kappa shape index (κ2) is 4.63. The van der Waals surface area contributed by atoms with Gasteiger partial charge in [0.25, 0.3) is 11.8 Å². The topological polar surface area (TPSA) is 46.6 Å². The summed E-state index contributed by atoms with van der Waals surface area (Å²) in [6.45, 7) is 2.11. The van der Waals surface area contributed by atoms with Crippen molar-refractivity contribution in [3.05, 3.63) is 0 Å². The van der Waals surface area contributed by atoms with Gasteiger partial charge in [-0.25, -0.2) is 0 Å². The van der Waals surface area contributed by atoms with Gasteiger partial charge in [0.1, 0.15) is 13.2 Å². The van der Waals surface area contributed by atoms with Crippen LogP contribution in [0.4, 0.5) is 0 Å². The highest BCUT2D eigenvalue weighted by atomic mass is 16.5. The molecule has 0 bridgehead atoms. The van der Waals surface area contributed by atoms with Gasteiger partial charge in [0.05, 0.1) is 0 Å². The number of hydrogen-bond acceptors (Lipinski definition) is 3. The smallest absolute Gasteiger partial charge is 0.255 e. The van der Waals surface area contributed by atoms with E-state index in [1.807, 2.05) is 0 Å². The van der Waals surface area contributed by atoms with Gasteiger partial charge in [-0.1, -0.05) is 0 Å². The molecule has 0 spiro atoms. The van der Waals surface area contributed by atoms with Crippen LogP contribution in [0.5, 0.6) is 0 Å². The molecule has 0 atom stereocenters. The van der Waals surface area contributed by atoms with Gasteiger partial charge in [-0.3, -0.25) is 14.5 Å². The molecule has 1 rings (SSSR count). The molecule has 0 saturated carbocycles. The van der Waals surface area contributed by atoms with Crippen LogP contribution in [-0.4, -0.2) is 36.5 Å². The fourth-order valence-corrected chi connectivity index (χ4v) is 1.06. The van der Waals surface area contributed by atoms with E-state index >= 15 is 0 Å². The third kappa shape index (κ3) is 2.56. The molecule has 1 heterocycles. The molecular formula is C9H11NO3. The molecule has 70 valence electrons. The summed E-state index contributed by atoms with van der Waals surface area (Å²) in [5.41, 5.74) is 0. The van der Waals surface area contributed by atoms with Crippen molar-refractivity contribution in [1.82, 2.24) is 4.90 Å². The minimum absolute atomic E-state index is 0.00525. The second-order valence-corrected chi connectivity index (χ2v) is 2.61. The van der Waals surface area contributed by atoms with Gasteiger partial charge < -0.3 is 4.74 Å². The van der Waals surface area contributed by atoms with Crippen molar-refractivity contribution in [2.75, 3.05) is 19.8 Å². The van der Waals surface area contributed by atoms with Crippen LogP contribution in [-0.2, 0) is 14.3 Å². The standard InChI is InChI=1S/C9H11NO3/c1-2-3-4-5-10-8(11)6-13-7-9(10)12/h4-7H2,1H3. The minimum Gasteiger partial charge on any atom is -0.362 e. The van der Waals surface area contributed by atoms with E-state index in [1.54, 1.807) is 6.92 Å². The van der Waals surface area contributed by atoms with Crippen LogP contribution in [0.1, 0.15) is 13.3 Å². The normalized spacial score (nSPS) is 16.8. The fraction of sp³-hybridized carbons (Fsp3) is 0.556. The summed E-state index contributed by atoms with van der Waals surface area (Å²) in [5, 5.41) is 0. The molecule has 1 aliphatic heterocycles. The van der Waals surface area contributed by atoms with E-state index in [4.69, 9.17) is 4.74 Å². The number of amides is 2. The van der Waals surface area contributed by atoms with Crippen molar-refractivity contribution >= 4 is 11.8 Å². The van der Waals surface area contributed by atoms with Gasteiger partial charge in [0.2, 0.25) is 0 Å². The van der Waals surface area contributed by atoms with Gasteiger partial charge in [-0.05, 0) is 6.92 Å². The van der Waals surface area contributed by atoms with E-state index in [0.717, 1.165) is 0 Å². The zero-order valence-electron chi connectivity index (χ0n) is 7.50. The van der Waals surface area contributed by atoms with Crippen LogP contribution in [0, 0.1) is 11.8 Å². The van der Waals surface area contributed by atoms with E-state index in [9.17, 15) is 9.59 Å². The average Bonchev–Trinajstić information content (AvgIpc) is 2.10. The summed E-state index contributed by atoms with van der Waals surface area (Å²) in [6.07, 6.45) is 0.536. The van der Waals surface area contributed by atoms with Crippen LogP contribution in [0.2, 0.25) is 0 Å². The number of nitrogens with zero attached hydrogens (tertiary/aromatic N) is 1. The first kappa shape index (κ1) is 9.75. The molecule has 4 heteroatoms. The van der Waals surface area contributed by atoms with Crippen molar-refractivity contribution in [1.29, 1.82) is 0 Å². The SMILES string of the molecule is CC#CCCN1C(=O)COCC1=O. The summed E-state index contributed by atoms with van der Waals surface area (Å²) in [6, 6.07) is 0. The zero-order valence-corrected chi connectivity index (χ0v) is 7.50. The van der Waals surface area contributed by atoms with Crippen LogP contribution in [0.25, 0.3) is 0 Å². The molecular weight excluding hydrogens is 170 g/mol. The van der Waals surface area contributed by atoms with E-state index in [2.05, 4.69) is 11.8 Å². The number of ether oxygens (including phenoxy) is 1. The molecule has 4 nitrogen and oxygen atoms in total. The van der Waals surface area contributed by atoms with Crippen molar-refractivity contribution < 1.29 is 14.3 Å². The van der Waals surface area contributed by atoms with Crippen LogP contribution in [0.3, 0.4) is 0 Å². The quantitative estimate of drug-likeness (QED) is 0.437. The summed E-state index contributed by atoms with van der Waals surface area (Å²) < 4.78 is 4.75. The zero-order chi connectivity index (χ0) is 9.68. The molecule has 1 fully saturated rings. The predicted octanol–water partition coefficient (Wildman–Crippen LogP) is -0.215. The lowest BCUT2D eigenvalue weighted by Crippen LogP contribution is -2.46. The number of carbonyl (C=O) groups excluding carboxylic acids is 2. The monoisotopic (exact) mass is 181 g/mol. The van der Waals surface area contributed by atoms with Gasteiger partial charge in [0.15, 0.2) is 0 Å². The molecule has 13 heavy (non-hydrogen) atoms. The van der Waals surface area contributed by atoms with E-state index in [1.165, 1.54) is 4.90 Å². The van der Waals surface area contributed by atoms with E-state index in [-0.39, 0.29) is 25.0 Å². The lowest BCUT2D eigenvalue weighted by Gasteiger charge is -2.23. The molecule has 0 unspecified atom stereocenters. The number of hydrogen-bond donors (Lipinski definition) is 0. The lowest BCUT2D eigenvalue weighted by atomic mass is 10.3. The molecule has 1 aliphatic rings. The largest absolute Gasteiger partial charge is 0.362 e. The van der Waals surface area contributed by atoms with Crippen LogP contribution in [0.15, 0.2) is 0 Å². The van der Waals surface area contributed by atoms with Gasteiger partial charge >= 0.3 is 0 Å². The third-order valence-corrected chi connectivity index (χ3v) is 1.69. The highest BCUT2D eigenvalue weighted by molar-refractivity contribution is 5.98. The number of morpholine rings is 1. The third-order valence-electron chi connectivity index (χ3n) is 1.69. The van der Waals surface area contributed by atoms with Crippen molar-refractivity contribution in [3.8, 4) is 11.8 Å². The maximum absolute atomic E-state index is 11.1. The number of rotatable bonds is 2. The Labute approximate surface area is 76.8 Å². The number of imide groups is 1.